The molecule has 1 aliphatic carbocycles. The molecule has 2 atom stereocenters. The second-order valence-corrected chi connectivity index (χ2v) is 4.39. The topological polar surface area (TPSA) is 68.0 Å². The van der Waals surface area contributed by atoms with Gasteiger partial charge in [-0.2, -0.15) is 0 Å². The minimum Gasteiger partial charge on any atom is -0.397 e. The molecule has 4 nitrogen and oxygen atoms in total. The van der Waals surface area contributed by atoms with E-state index in [0.717, 1.165) is 18.5 Å². The summed E-state index contributed by atoms with van der Waals surface area (Å²) in [6, 6.07) is 2.03. The van der Waals surface area contributed by atoms with Crippen molar-refractivity contribution in [2.75, 3.05) is 5.73 Å². The van der Waals surface area contributed by atoms with Crippen LogP contribution >= 0.6 is 0 Å². The Hall–Kier alpha value is -1.58. The van der Waals surface area contributed by atoms with Crippen LogP contribution in [0.5, 0.6) is 0 Å². The van der Waals surface area contributed by atoms with E-state index in [1.807, 2.05) is 6.92 Å². The highest BCUT2D eigenvalue weighted by molar-refractivity contribution is 5.96. The number of aryl methyl sites for hydroxylation is 1. The van der Waals surface area contributed by atoms with Crippen molar-refractivity contribution in [1.82, 2.24) is 10.3 Å². The molecule has 1 fully saturated rings. The molecule has 1 aromatic heterocycles. The summed E-state index contributed by atoms with van der Waals surface area (Å²) in [5.41, 5.74) is 7.46. The number of pyridine rings is 1. The van der Waals surface area contributed by atoms with Crippen LogP contribution in [0.25, 0.3) is 0 Å². The SMILES string of the molecule is CCC1CC1NC(=O)c1cc(N)cnc1C. The molecule has 86 valence electrons. The van der Waals surface area contributed by atoms with Crippen LogP contribution < -0.4 is 11.1 Å². The van der Waals surface area contributed by atoms with Gasteiger partial charge in [0.1, 0.15) is 0 Å². The minimum atomic E-state index is -0.0572. The van der Waals surface area contributed by atoms with Gasteiger partial charge in [-0.1, -0.05) is 13.3 Å². The fourth-order valence-electron chi connectivity index (χ4n) is 1.90. The number of carbonyl (C=O) groups is 1. The third kappa shape index (κ3) is 2.15. The molecule has 0 aromatic carbocycles. The molecule has 0 bridgehead atoms. The van der Waals surface area contributed by atoms with Gasteiger partial charge in [-0.05, 0) is 25.3 Å². The van der Waals surface area contributed by atoms with E-state index < -0.39 is 0 Å². The summed E-state index contributed by atoms with van der Waals surface area (Å²) in [4.78, 5) is 16.0. The molecule has 0 radical (unpaired) electrons. The van der Waals surface area contributed by atoms with Gasteiger partial charge in [0, 0.05) is 6.04 Å². The van der Waals surface area contributed by atoms with Crippen molar-refractivity contribution < 1.29 is 4.79 Å². The maximum absolute atomic E-state index is 11.9. The number of nitrogens with two attached hydrogens (primary N) is 1. The summed E-state index contributed by atoms with van der Waals surface area (Å²) < 4.78 is 0. The first-order chi connectivity index (χ1) is 7.61. The van der Waals surface area contributed by atoms with Gasteiger partial charge in [0.15, 0.2) is 0 Å². The summed E-state index contributed by atoms with van der Waals surface area (Å²) in [5, 5.41) is 3.00. The lowest BCUT2D eigenvalue weighted by atomic mass is 10.2. The molecule has 1 aromatic rings. The lowest BCUT2D eigenvalue weighted by molar-refractivity contribution is 0.0948. The van der Waals surface area contributed by atoms with E-state index in [1.165, 1.54) is 0 Å². The van der Waals surface area contributed by atoms with Crippen LogP contribution in [0.3, 0.4) is 0 Å². The molecule has 1 amide bonds. The maximum atomic E-state index is 11.9. The van der Waals surface area contributed by atoms with Crippen LogP contribution in [0.15, 0.2) is 12.3 Å². The van der Waals surface area contributed by atoms with Gasteiger partial charge in [-0.3, -0.25) is 9.78 Å². The maximum Gasteiger partial charge on any atom is 0.253 e. The zero-order valence-electron chi connectivity index (χ0n) is 9.66. The zero-order chi connectivity index (χ0) is 11.7. The molecule has 4 heteroatoms. The lowest BCUT2D eigenvalue weighted by Gasteiger charge is -2.07. The van der Waals surface area contributed by atoms with Crippen LogP contribution in [-0.4, -0.2) is 16.9 Å². The van der Waals surface area contributed by atoms with E-state index in [4.69, 9.17) is 5.73 Å². The number of anilines is 1. The van der Waals surface area contributed by atoms with Gasteiger partial charge >= 0.3 is 0 Å². The van der Waals surface area contributed by atoms with E-state index in [1.54, 1.807) is 12.3 Å². The Morgan fingerprint density at radius 1 is 1.69 bits per heavy atom. The predicted octanol–water partition coefficient (Wildman–Crippen LogP) is 1.50. The van der Waals surface area contributed by atoms with Crippen LogP contribution in [0.2, 0.25) is 0 Å². The fraction of sp³-hybridized carbons (Fsp3) is 0.500. The van der Waals surface area contributed by atoms with Gasteiger partial charge in [0.05, 0.1) is 23.1 Å². The first kappa shape index (κ1) is 10.9. The number of carbonyl (C=O) groups excluding carboxylic acids is 1. The van der Waals surface area contributed by atoms with Crippen molar-refractivity contribution in [1.29, 1.82) is 0 Å². The Labute approximate surface area is 95.3 Å². The Morgan fingerprint density at radius 3 is 3.06 bits per heavy atom. The quantitative estimate of drug-likeness (QED) is 0.809. The lowest BCUT2D eigenvalue weighted by Crippen LogP contribution is -2.27. The molecule has 3 N–H and O–H groups in total. The van der Waals surface area contributed by atoms with E-state index in [2.05, 4.69) is 17.2 Å². The standard InChI is InChI=1S/C12H17N3O/c1-3-8-4-11(8)15-12(16)10-5-9(13)6-14-7(10)2/h5-6,8,11H,3-4,13H2,1-2H3,(H,15,16). The van der Waals surface area contributed by atoms with Crippen LogP contribution in [0.1, 0.15) is 35.8 Å². The Balaban J connectivity index is 2.06. The summed E-state index contributed by atoms with van der Waals surface area (Å²) in [6.07, 6.45) is 3.79. The first-order valence-electron chi connectivity index (χ1n) is 5.64. The van der Waals surface area contributed by atoms with Crippen molar-refractivity contribution in [3.05, 3.63) is 23.5 Å². The van der Waals surface area contributed by atoms with Crippen LogP contribution in [0, 0.1) is 12.8 Å². The Morgan fingerprint density at radius 2 is 2.44 bits per heavy atom. The molecular weight excluding hydrogens is 202 g/mol. The molecule has 1 heterocycles. The Bertz CT molecular complexity index is 417. The average Bonchev–Trinajstić information content (AvgIpc) is 3.00. The number of amides is 1. The zero-order valence-corrected chi connectivity index (χ0v) is 9.66. The Kier molecular flexibility index (Phi) is 2.81. The molecule has 2 unspecified atom stereocenters. The minimum absolute atomic E-state index is 0.0572. The molecular formula is C12H17N3O. The van der Waals surface area contributed by atoms with Crippen molar-refractivity contribution in [3.63, 3.8) is 0 Å². The number of aromatic nitrogens is 1. The molecule has 1 aliphatic rings. The molecule has 2 rings (SSSR count). The van der Waals surface area contributed by atoms with Gasteiger partial charge in [-0.15, -0.1) is 0 Å². The largest absolute Gasteiger partial charge is 0.397 e. The predicted molar refractivity (Wildman–Crippen MR) is 63.0 cm³/mol. The van der Waals surface area contributed by atoms with E-state index in [0.29, 0.717) is 23.2 Å². The van der Waals surface area contributed by atoms with Gasteiger partial charge < -0.3 is 11.1 Å². The summed E-state index contributed by atoms with van der Waals surface area (Å²) in [6.45, 7) is 3.96. The molecule has 0 spiro atoms. The highest BCUT2D eigenvalue weighted by Gasteiger charge is 2.36. The highest BCUT2D eigenvalue weighted by Crippen LogP contribution is 2.33. The van der Waals surface area contributed by atoms with Crippen LogP contribution in [-0.2, 0) is 0 Å². The third-order valence-corrected chi connectivity index (χ3v) is 3.12. The molecule has 0 aliphatic heterocycles. The number of hydrogen-bond donors (Lipinski definition) is 2. The monoisotopic (exact) mass is 219 g/mol. The summed E-state index contributed by atoms with van der Waals surface area (Å²) >= 11 is 0. The van der Waals surface area contributed by atoms with Crippen molar-refractivity contribution >= 4 is 11.6 Å². The van der Waals surface area contributed by atoms with Crippen LogP contribution in [0.4, 0.5) is 5.69 Å². The molecule has 0 saturated heterocycles. The third-order valence-electron chi connectivity index (χ3n) is 3.12. The number of nitrogens with zero attached hydrogens (tertiary/aromatic N) is 1. The second-order valence-electron chi connectivity index (χ2n) is 4.39. The number of nitrogens with one attached hydrogen (secondary N) is 1. The van der Waals surface area contributed by atoms with E-state index >= 15 is 0 Å². The number of hydrogen-bond acceptors (Lipinski definition) is 3. The van der Waals surface area contributed by atoms with Gasteiger partial charge in [-0.25, -0.2) is 0 Å². The smallest absolute Gasteiger partial charge is 0.253 e. The summed E-state index contributed by atoms with van der Waals surface area (Å²) in [7, 11) is 0. The number of rotatable bonds is 3. The van der Waals surface area contributed by atoms with Gasteiger partial charge in [0.2, 0.25) is 0 Å². The van der Waals surface area contributed by atoms with Gasteiger partial charge in [0.25, 0.3) is 5.91 Å². The van der Waals surface area contributed by atoms with E-state index in [9.17, 15) is 4.79 Å². The normalized spacial score (nSPS) is 22.9. The fourth-order valence-corrected chi connectivity index (χ4v) is 1.90. The number of nitrogen functional groups attached to an aromatic ring is 1. The van der Waals surface area contributed by atoms with E-state index in [-0.39, 0.29) is 5.91 Å². The second kappa shape index (κ2) is 4.12. The first-order valence-corrected chi connectivity index (χ1v) is 5.64. The average molecular weight is 219 g/mol. The highest BCUT2D eigenvalue weighted by atomic mass is 16.1. The van der Waals surface area contributed by atoms with Crippen molar-refractivity contribution in [2.24, 2.45) is 5.92 Å². The molecule has 1 saturated carbocycles. The van der Waals surface area contributed by atoms with Crippen molar-refractivity contribution in [2.45, 2.75) is 32.7 Å². The van der Waals surface area contributed by atoms with Crippen molar-refractivity contribution in [3.8, 4) is 0 Å². The molecule has 16 heavy (non-hydrogen) atoms. The summed E-state index contributed by atoms with van der Waals surface area (Å²) in [5.74, 6) is 0.594.